The van der Waals surface area contributed by atoms with Gasteiger partial charge in [-0.1, -0.05) is 29.9 Å². The number of hydrogen-bond acceptors (Lipinski definition) is 5. The monoisotopic (exact) mass is 379 g/mol. The maximum Gasteiger partial charge on any atom is 0.267 e. The van der Waals surface area contributed by atoms with Crippen LogP contribution in [0.3, 0.4) is 0 Å². The summed E-state index contributed by atoms with van der Waals surface area (Å²) in [5.74, 6) is 0.348. The van der Waals surface area contributed by atoms with Crippen LogP contribution in [-0.2, 0) is 11.2 Å². The Morgan fingerprint density at radius 1 is 1.48 bits per heavy atom. The number of halogens is 1. The lowest BCUT2D eigenvalue weighted by Gasteiger charge is -2.10. The Labute approximate surface area is 154 Å². The first-order chi connectivity index (χ1) is 12.0. The van der Waals surface area contributed by atoms with Crippen molar-refractivity contribution >= 4 is 45.6 Å². The molecule has 1 aliphatic heterocycles. The van der Waals surface area contributed by atoms with Crippen molar-refractivity contribution in [3.63, 3.8) is 0 Å². The highest BCUT2D eigenvalue weighted by atomic mass is 35.5. The summed E-state index contributed by atoms with van der Waals surface area (Å²) in [5, 5.41) is 3.84. The standard InChI is InChI=1S/C17H18ClN3O3S/c1-3-12-15(25-17(20-12)21-8-4-5-14(21)22)16(23)19-10-6-7-13(24-2)11(18)9-10/h6-7,9H,3-5,8H2,1-2H3,(H,19,23). The topological polar surface area (TPSA) is 71.5 Å². The number of methoxy groups -OCH3 is 1. The van der Waals surface area contributed by atoms with Gasteiger partial charge < -0.3 is 10.1 Å². The summed E-state index contributed by atoms with van der Waals surface area (Å²) in [5.41, 5.74) is 1.27. The van der Waals surface area contributed by atoms with Gasteiger partial charge in [-0.25, -0.2) is 4.98 Å². The van der Waals surface area contributed by atoms with Crippen molar-refractivity contribution in [2.75, 3.05) is 23.9 Å². The van der Waals surface area contributed by atoms with Crippen LogP contribution >= 0.6 is 22.9 Å². The van der Waals surface area contributed by atoms with Gasteiger partial charge in [0.2, 0.25) is 5.91 Å². The Kier molecular flexibility index (Phi) is 5.24. The molecule has 132 valence electrons. The van der Waals surface area contributed by atoms with Crippen LogP contribution in [-0.4, -0.2) is 30.5 Å². The molecule has 1 saturated heterocycles. The van der Waals surface area contributed by atoms with Crippen LogP contribution in [0.4, 0.5) is 10.8 Å². The van der Waals surface area contributed by atoms with Crippen LogP contribution in [0.1, 0.15) is 35.1 Å². The molecule has 0 atom stereocenters. The zero-order valence-electron chi connectivity index (χ0n) is 14.0. The van der Waals surface area contributed by atoms with Crippen molar-refractivity contribution in [2.45, 2.75) is 26.2 Å². The van der Waals surface area contributed by atoms with Gasteiger partial charge in [0.05, 0.1) is 17.8 Å². The Balaban J connectivity index is 1.83. The number of carbonyl (C=O) groups excluding carboxylic acids is 2. The number of ether oxygens (including phenoxy) is 1. The Hall–Kier alpha value is -2.12. The molecule has 2 amide bonds. The third kappa shape index (κ3) is 3.62. The lowest BCUT2D eigenvalue weighted by molar-refractivity contribution is -0.117. The van der Waals surface area contributed by atoms with Gasteiger partial charge in [0.1, 0.15) is 10.6 Å². The lowest BCUT2D eigenvalue weighted by Crippen LogP contribution is -2.23. The Morgan fingerprint density at radius 2 is 2.28 bits per heavy atom. The summed E-state index contributed by atoms with van der Waals surface area (Å²) < 4.78 is 5.11. The minimum absolute atomic E-state index is 0.0605. The molecule has 1 aromatic carbocycles. The predicted molar refractivity (Wildman–Crippen MR) is 99.0 cm³/mol. The third-order valence-electron chi connectivity index (χ3n) is 3.94. The summed E-state index contributed by atoms with van der Waals surface area (Å²) in [6.45, 7) is 2.59. The number of aryl methyl sites for hydroxylation is 1. The lowest BCUT2D eigenvalue weighted by atomic mass is 10.2. The maximum atomic E-state index is 12.7. The fraction of sp³-hybridized carbons (Fsp3) is 0.353. The molecule has 3 rings (SSSR count). The van der Waals surface area contributed by atoms with Crippen molar-refractivity contribution in [2.24, 2.45) is 0 Å². The second-order valence-corrected chi connectivity index (χ2v) is 6.96. The predicted octanol–water partition coefficient (Wildman–Crippen LogP) is 3.75. The zero-order valence-corrected chi connectivity index (χ0v) is 15.5. The van der Waals surface area contributed by atoms with Crippen molar-refractivity contribution in [1.29, 1.82) is 0 Å². The summed E-state index contributed by atoms with van der Waals surface area (Å²) in [7, 11) is 1.53. The number of amides is 2. The second kappa shape index (κ2) is 7.41. The summed E-state index contributed by atoms with van der Waals surface area (Å²) in [4.78, 5) is 31.2. The zero-order chi connectivity index (χ0) is 18.0. The molecule has 1 aromatic heterocycles. The van der Waals surface area contributed by atoms with E-state index in [-0.39, 0.29) is 11.8 Å². The molecule has 0 unspecified atom stereocenters. The van der Waals surface area contributed by atoms with E-state index < -0.39 is 0 Å². The van der Waals surface area contributed by atoms with E-state index in [9.17, 15) is 9.59 Å². The number of nitrogens with one attached hydrogen (secondary N) is 1. The number of anilines is 2. The van der Waals surface area contributed by atoms with E-state index in [0.29, 0.717) is 51.5 Å². The van der Waals surface area contributed by atoms with Crippen molar-refractivity contribution in [1.82, 2.24) is 4.98 Å². The molecule has 1 aliphatic rings. The van der Waals surface area contributed by atoms with E-state index in [1.807, 2.05) is 6.92 Å². The highest BCUT2D eigenvalue weighted by Gasteiger charge is 2.27. The van der Waals surface area contributed by atoms with E-state index in [1.54, 1.807) is 23.1 Å². The van der Waals surface area contributed by atoms with Gasteiger partial charge in [0, 0.05) is 18.7 Å². The smallest absolute Gasteiger partial charge is 0.267 e. The summed E-state index contributed by atoms with van der Waals surface area (Å²) in [6.07, 6.45) is 1.98. The number of nitrogens with zero attached hydrogens (tertiary/aromatic N) is 2. The van der Waals surface area contributed by atoms with Crippen molar-refractivity contribution in [3.8, 4) is 5.75 Å². The van der Waals surface area contributed by atoms with Crippen molar-refractivity contribution < 1.29 is 14.3 Å². The number of hydrogen-bond donors (Lipinski definition) is 1. The van der Waals surface area contributed by atoms with Crippen molar-refractivity contribution in [3.05, 3.63) is 33.8 Å². The van der Waals surface area contributed by atoms with E-state index in [4.69, 9.17) is 16.3 Å². The fourth-order valence-corrected chi connectivity index (χ4v) is 4.01. The molecule has 0 saturated carbocycles. The normalized spacial score (nSPS) is 14.0. The van der Waals surface area contributed by atoms with Gasteiger partial charge in [0.15, 0.2) is 5.13 Å². The van der Waals surface area contributed by atoms with Crippen LogP contribution in [0.5, 0.6) is 5.75 Å². The molecule has 0 radical (unpaired) electrons. The maximum absolute atomic E-state index is 12.7. The number of carbonyl (C=O) groups is 2. The minimum atomic E-state index is -0.256. The second-order valence-electron chi connectivity index (χ2n) is 5.58. The van der Waals surface area contributed by atoms with Crippen LogP contribution < -0.4 is 15.0 Å². The van der Waals surface area contributed by atoms with E-state index in [0.717, 1.165) is 6.42 Å². The van der Waals surface area contributed by atoms with Gasteiger partial charge in [-0.15, -0.1) is 0 Å². The minimum Gasteiger partial charge on any atom is -0.495 e. The molecule has 0 aliphatic carbocycles. The molecule has 0 spiro atoms. The highest BCUT2D eigenvalue weighted by Crippen LogP contribution is 2.31. The highest BCUT2D eigenvalue weighted by molar-refractivity contribution is 7.18. The molecular formula is C17H18ClN3O3S. The van der Waals surface area contributed by atoms with Gasteiger partial charge in [-0.3, -0.25) is 14.5 Å². The van der Waals surface area contributed by atoms with Crippen LogP contribution in [0.2, 0.25) is 5.02 Å². The van der Waals surface area contributed by atoms with E-state index >= 15 is 0 Å². The number of rotatable bonds is 5. The first-order valence-corrected chi connectivity index (χ1v) is 9.18. The van der Waals surface area contributed by atoms with Gasteiger partial charge >= 0.3 is 0 Å². The third-order valence-corrected chi connectivity index (χ3v) is 5.36. The molecule has 25 heavy (non-hydrogen) atoms. The van der Waals surface area contributed by atoms with Crippen LogP contribution in [0.25, 0.3) is 0 Å². The molecule has 2 aromatic rings. The SMILES string of the molecule is CCc1nc(N2CCCC2=O)sc1C(=O)Nc1ccc(OC)c(Cl)c1. The molecule has 1 fully saturated rings. The van der Waals surface area contributed by atoms with Gasteiger partial charge in [-0.2, -0.15) is 0 Å². The van der Waals surface area contributed by atoms with Crippen LogP contribution in [0.15, 0.2) is 18.2 Å². The molecule has 8 heteroatoms. The summed E-state index contributed by atoms with van der Waals surface area (Å²) >= 11 is 7.34. The Bertz CT molecular complexity index is 821. The fourth-order valence-electron chi connectivity index (χ4n) is 2.65. The average Bonchev–Trinajstić information content (AvgIpc) is 3.20. The largest absolute Gasteiger partial charge is 0.495 e. The average molecular weight is 380 g/mol. The first kappa shape index (κ1) is 17.7. The number of aromatic nitrogens is 1. The van der Waals surface area contributed by atoms with Gasteiger partial charge in [0.25, 0.3) is 5.91 Å². The molecule has 2 heterocycles. The molecule has 1 N–H and O–H groups in total. The number of thiazole rings is 1. The molecule has 0 bridgehead atoms. The van der Waals surface area contributed by atoms with Gasteiger partial charge in [-0.05, 0) is 31.0 Å². The first-order valence-electron chi connectivity index (χ1n) is 7.98. The molecule has 6 nitrogen and oxygen atoms in total. The van der Waals surface area contributed by atoms with Crippen LogP contribution in [0, 0.1) is 0 Å². The Morgan fingerprint density at radius 3 is 2.88 bits per heavy atom. The quantitative estimate of drug-likeness (QED) is 0.858. The molecular weight excluding hydrogens is 362 g/mol. The van der Waals surface area contributed by atoms with E-state index in [2.05, 4.69) is 10.3 Å². The number of benzene rings is 1. The summed E-state index contributed by atoms with van der Waals surface area (Å²) in [6, 6.07) is 5.05. The van der Waals surface area contributed by atoms with E-state index in [1.165, 1.54) is 18.4 Å².